The van der Waals surface area contributed by atoms with Crippen molar-refractivity contribution >= 4 is 70.2 Å². The maximum absolute atomic E-state index is 6.70. The molecule has 10 rings (SSSR count). The van der Waals surface area contributed by atoms with Gasteiger partial charge >= 0.3 is 0 Å². The SMILES string of the molecule is C\C=C/C=C\C=C\c1ccc2oc3ccc(-c4cc(-c5cccc(-c6ccc7oc8c(-c9cccc(C%10(C)C=CC=CC%10)c9)c(P)ccc8c7c6)c5)ccc4N)cc3c2c1. The van der Waals surface area contributed by atoms with Crippen molar-refractivity contribution in [1.29, 1.82) is 0 Å². The molecule has 290 valence electrons. The van der Waals surface area contributed by atoms with E-state index in [1.165, 1.54) is 5.56 Å². The zero-order valence-corrected chi connectivity index (χ0v) is 34.8. The molecule has 0 saturated heterocycles. The Kier molecular flexibility index (Phi) is 9.55. The number of benzene rings is 7. The number of rotatable bonds is 8. The van der Waals surface area contributed by atoms with Gasteiger partial charge in [0, 0.05) is 43.8 Å². The molecule has 0 aliphatic heterocycles. The predicted molar refractivity (Wildman–Crippen MR) is 260 cm³/mol. The molecule has 1 aliphatic carbocycles. The van der Waals surface area contributed by atoms with Crippen molar-refractivity contribution in [3.05, 3.63) is 199 Å². The predicted octanol–water partition coefficient (Wildman–Crippen LogP) is 15.2. The molecule has 1 aliphatic rings. The Balaban J connectivity index is 0.985. The molecular weight excluding hydrogens is 750 g/mol. The average Bonchev–Trinajstić information content (AvgIpc) is 3.84. The molecule has 0 amide bonds. The van der Waals surface area contributed by atoms with E-state index >= 15 is 0 Å². The van der Waals surface area contributed by atoms with Gasteiger partial charge in [-0.25, -0.2) is 0 Å². The Labute approximate surface area is 352 Å². The molecule has 0 spiro atoms. The Morgan fingerprint density at radius 1 is 0.583 bits per heavy atom. The van der Waals surface area contributed by atoms with Gasteiger partial charge in [-0.1, -0.05) is 140 Å². The second-order valence-electron chi connectivity index (χ2n) is 15.9. The molecule has 9 aromatic rings. The first kappa shape index (κ1) is 37.3. The van der Waals surface area contributed by atoms with E-state index < -0.39 is 0 Å². The van der Waals surface area contributed by atoms with Crippen molar-refractivity contribution < 1.29 is 8.83 Å². The second-order valence-corrected chi connectivity index (χ2v) is 16.6. The lowest BCUT2D eigenvalue weighted by molar-refractivity contribution is 0.600. The number of fused-ring (bicyclic) bond motifs is 6. The molecule has 2 aromatic heterocycles. The van der Waals surface area contributed by atoms with Crippen LogP contribution in [0.3, 0.4) is 0 Å². The van der Waals surface area contributed by atoms with E-state index in [9.17, 15) is 0 Å². The van der Waals surface area contributed by atoms with Crippen LogP contribution in [-0.4, -0.2) is 0 Å². The minimum Gasteiger partial charge on any atom is -0.456 e. The van der Waals surface area contributed by atoms with E-state index in [4.69, 9.17) is 14.6 Å². The lowest BCUT2D eigenvalue weighted by Gasteiger charge is -2.27. The molecule has 0 radical (unpaired) electrons. The van der Waals surface area contributed by atoms with E-state index in [0.29, 0.717) is 0 Å². The first-order chi connectivity index (χ1) is 29.3. The smallest absolute Gasteiger partial charge is 0.143 e. The minimum atomic E-state index is -0.0401. The number of allylic oxidation sites excluding steroid dienone is 9. The molecule has 7 aromatic carbocycles. The van der Waals surface area contributed by atoms with E-state index in [1.807, 2.05) is 43.4 Å². The summed E-state index contributed by atoms with van der Waals surface area (Å²) >= 11 is 0. The normalized spacial score (nSPS) is 15.7. The standard InChI is InChI=1S/C56H44NO2P/c1-3-4-5-6-8-13-36-18-24-50-46(30-36)48-35-41(21-26-51(48)58-50)45-33-39(19-23-49(45)57)37-14-11-15-38(31-37)40-20-25-52-47(34-40)44-22-27-53(60)54(55(44)59-52)42-16-12-17-43(32-42)56(2)28-9-7-10-29-56/h3-28,30-35H,29,57,60H2,1-2H3/b4-3-,6-5-,13-8+. The number of nitrogen functional groups attached to an aromatic ring is 1. The van der Waals surface area contributed by atoms with Gasteiger partial charge in [-0.3, -0.25) is 0 Å². The van der Waals surface area contributed by atoms with E-state index in [0.717, 1.165) is 111 Å². The number of furan rings is 2. The maximum Gasteiger partial charge on any atom is 0.143 e. The van der Waals surface area contributed by atoms with Crippen LogP contribution in [0, 0.1) is 0 Å². The van der Waals surface area contributed by atoms with Gasteiger partial charge in [0.1, 0.15) is 22.3 Å². The van der Waals surface area contributed by atoms with Crippen LogP contribution >= 0.6 is 9.24 Å². The van der Waals surface area contributed by atoms with Crippen LogP contribution in [0.5, 0.6) is 0 Å². The van der Waals surface area contributed by atoms with Crippen LogP contribution < -0.4 is 11.0 Å². The topological polar surface area (TPSA) is 52.3 Å². The Hall–Kier alpha value is -6.93. The maximum atomic E-state index is 6.70. The number of hydrogen-bond acceptors (Lipinski definition) is 3. The lowest BCUT2D eigenvalue weighted by atomic mass is 9.76. The average molecular weight is 794 g/mol. The van der Waals surface area contributed by atoms with Crippen molar-refractivity contribution in [2.75, 3.05) is 5.73 Å². The summed E-state index contributed by atoms with van der Waals surface area (Å²) in [5.74, 6) is 0. The molecule has 4 heteroatoms. The summed E-state index contributed by atoms with van der Waals surface area (Å²) in [4.78, 5) is 0. The first-order valence-corrected chi connectivity index (χ1v) is 21.1. The van der Waals surface area contributed by atoms with Crippen LogP contribution in [0.1, 0.15) is 31.4 Å². The summed E-state index contributed by atoms with van der Waals surface area (Å²) in [5, 5.41) is 5.47. The third-order valence-corrected chi connectivity index (χ3v) is 12.4. The summed E-state index contributed by atoms with van der Waals surface area (Å²) in [6.07, 6.45) is 22.1. The third kappa shape index (κ3) is 6.81. The van der Waals surface area contributed by atoms with E-state index in [2.05, 4.69) is 174 Å². The number of nitrogens with two attached hydrogens (primary N) is 1. The molecule has 60 heavy (non-hydrogen) atoms. The zero-order valence-electron chi connectivity index (χ0n) is 33.7. The van der Waals surface area contributed by atoms with Gasteiger partial charge < -0.3 is 14.6 Å². The van der Waals surface area contributed by atoms with Crippen LogP contribution in [0.15, 0.2) is 197 Å². The minimum absolute atomic E-state index is 0.0401. The van der Waals surface area contributed by atoms with Gasteiger partial charge in [-0.15, -0.1) is 9.24 Å². The summed E-state index contributed by atoms with van der Waals surface area (Å²) in [6.45, 7) is 4.32. The van der Waals surface area contributed by atoms with Gasteiger partial charge in [0.15, 0.2) is 0 Å². The molecular formula is C56H44NO2P. The van der Waals surface area contributed by atoms with Crippen molar-refractivity contribution in [3.63, 3.8) is 0 Å². The highest BCUT2D eigenvalue weighted by molar-refractivity contribution is 7.28. The molecule has 0 fully saturated rings. The Bertz CT molecular complexity index is 3300. The van der Waals surface area contributed by atoms with Gasteiger partial charge in [-0.05, 0) is 124 Å². The molecule has 3 nitrogen and oxygen atoms in total. The lowest BCUT2D eigenvalue weighted by Crippen LogP contribution is -2.19. The largest absolute Gasteiger partial charge is 0.456 e. The van der Waals surface area contributed by atoms with Crippen LogP contribution in [-0.2, 0) is 5.41 Å². The van der Waals surface area contributed by atoms with Crippen molar-refractivity contribution in [1.82, 2.24) is 0 Å². The van der Waals surface area contributed by atoms with E-state index in [1.54, 1.807) is 0 Å². The fraction of sp³-hybridized carbons (Fsp3) is 0.0714. The highest BCUT2D eigenvalue weighted by Crippen LogP contribution is 2.41. The summed E-state index contributed by atoms with van der Waals surface area (Å²) < 4.78 is 12.9. The molecule has 2 N–H and O–H groups in total. The number of hydrogen-bond donors (Lipinski definition) is 1. The van der Waals surface area contributed by atoms with E-state index in [-0.39, 0.29) is 5.41 Å². The number of anilines is 1. The van der Waals surface area contributed by atoms with Crippen LogP contribution in [0.25, 0.3) is 94.5 Å². The summed E-state index contributed by atoms with van der Waals surface area (Å²) in [5.41, 5.74) is 22.1. The molecule has 2 atom stereocenters. The molecule has 0 saturated carbocycles. The quantitative estimate of drug-likeness (QED) is 0.0947. The van der Waals surface area contributed by atoms with Crippen LogP contribution in [0.2, 0.25) is 0 Å². The molecule has 0 bridgehead atoms. The summed E-state index contributed by atoms with van der Waals surface area (Å²) in [6, 6.07) is 47.6. The zero-order chi connectivity index (χ0) is 40.8. The van der Waals surface area contributed by atoms with Gasteiger partial charge in [0.25, 0.3) is 0 Å². The van der Waals surface area contributed by atoms with Crippen molar-refractivity contribution in [2.24, 2.45) is 0 Å². The van der Waals surface area contributed by atoms with Gasteiger partial charge in [0.2, 0.25) is 0 Å². The summed E-state index contributed by atoms with van der Waals surface area (Å²) in [7, 11) is 2.94. The fourth-order valence-electron chi connectivity index (χ4n) is 8.64. The fourth-order valence-corrected chi connectivity index (χ4v) is 9.03. The van der Waals surface area contributed by atoms with Crippen molar-refractivity contribution in [2.45, 2.75) is 25.7 Å². The first-order valence-electron chi connectivity index (χ1n) is 20.5. The Morgan fingerprint density at radius 3 is 2.07 bits per heavy atom. The van der Waals surface area contributed by atoms with Crippen LogP contribution in [0.4, 0.5) is 5.69 Å². The highest BCUT2D eigenvalue weighted by Gasteiger charge is 2.25. The van der Waals surface area contributed by atoms with Gasteiger partial charge in [0.05, 0.1) is 0 Å². The Morgan fingerprint density at radius 2 is 1.25 bits per heavy atom. The molecule has 2 unspecified atom stereocenters. The highest BCUT2D eigenvalue weighted by atomic mass is 31.0. The van der Waals surface area contributed by atoms with Crippen molar-refractivity contribution in [3.8, 4) is 44.5 Å². The third-order valence-electron chi connectivity index (χ3n) is 11.9. The monoisotopic (exact) mass is 793 g/mol. The molecule has 2 heterocycles. The van der Waals surface area contributed by atoms with Gasteiger partial charge in [-0.2, -0.15) is 0 Å². The second kappa shape index (κ2) is 15.3.